The Morgan fingerprint density at radius 2 is 2.11 bits per heavy atom. The number of allylic oxidation sites excluding steroid dienone is 2. The molecule has 2 heteroatoms. The molecule has 19 heavy (non-hydrogen) atoms. The van der Waals surface area contributed by atoms with Crippen LogP contribution in [0.25, 0.3) is 0 Å². The van der Waals surface area contributed by atoms with Gasteiger partial charge in [0.15, 0.2) is 0 Å². The van der Waals surface area contributed by atoms with Gasteiger partial charge in [0.25, 0.3) is 0 Å². The molecule has 0 spiro atoms. The minimum Gasteiger partial charge on any atom is -0.384 e. The molecule has 1 saturated carbocycles. The number of fused-ring (bicyclic) bond motifs is 2. The first-order valence-electron chi connectivity index (χ1n) is 7.44. The molecule has 0 saturated heterocycles. The van der Waals surface area contributed by atoms with E-state index in [1.165, 1.54) is 24.1 Å². The van der Waals surface area contributed by atoms with E-state index in [9.17, 15) is 0 Å². The molecule has 0 heterocycles. The lowest BCUT2D eigenvalue weighted by Crippen LogP contribution is -2.19. The second-order valence-corrected chi connectivity index (χ2v) is 5.72. The number of nitrogens with one attached hydrogen (secondary N) is 1. The van der Waals surface area contributed by atoms with Crippen LogP contribution in [0.4, 0.5) is 5.69 Å². The highest BCUT2D eigenvalue weighted by molar-refractivity contribution is 5.50. The Hall–Kier alpha value is -1.28. The van der Waals surface area contributed by atoms with Crippen molar-refractivity contribution in [1.29, 1.82) is 0 Å². The highest BCUT2D eigenvalue weighted by Crippen LogP contribution is 2.43. The molecule has 3 unspecified atom stereocenters. The standard InChI is InChI=1S/C17H23NO/c1-2-19-12-15-5-3-4-6-17(15)18-11-16-10-13-7-8-14(16)9-13/h3-8,13-14,16,18H,2,9-12H2,1H3. The van der Waals surface area contributed by atoms with Gasteiger partial charge in [-0.3, -0.25) is 0 Å². The van der Waals surface area contributed by atoms with E-state index in [0.29, 0.717) is 6.61 Å². The van der Waals surface area contributed by atoms with E-state index >= 15 is 0 Å². The topological polar surface area (TPSA) is 21.3 Å². The van der Waals surface area contributed by atoms with Gasteiger partial charge in [0.2, 0.25) is 0 Å². The molecule has 1 N–H and O–H groups in total. The maximum Gasteiger partial charge on any atom is 0.0736 e. The van der Waals surface area contributed by atoms with Gasteiger partial charge in [-0.1, -0.05) is 30.4 Å². The number of hydrogen-bond acceptors (Lipinski definition) is 2. The van der Waals surface area contributed by atoms with Gasteiger partial charge in [0.05, 0.1) is 6.61 Å². The van der Waals surface area contributed by atoms with Crippen LogP contribution in [-0.4, -0.2) is 13.2 Å². The average molecular weight is 257 g/mol. The minimum atomic E-state index is 0.705. The lowest BCUT2D eigenvalue weighted by Gasteiger charge is -2.20. The number of para-hydroxylation sites is 1. The Labute approximate surface area is 115 Å². The van der Waals surface area contributed by atoms with Crippen molar-refractivity contribution in [1.82, 2.24) is 0 Å². The first-order valence-corrected chi connectivity index (χ1v) is 7.44. The van der Waals surface area contributed by atoms with Crippen molar-refractivity contribution in [2.45, 2.75) is 26.4 Å². The van der Waals surface area contributed by atoms with E-state index in [4.69, 9.17) is 4.74 Å². The van der Waals surface area contributed by atoms with Crippen molar-refractivity contribution in [3.05, 3.63) is 42.0 Å². The van der Waals surface area contributed by atoms with Crippen molar-refractivity contribution < 1.29 is 4.74 Å². The molecule has 0 radical (unpaired) electrons. The third kappa shape index (κ3) is 2.84. The second kappa shape index (κ2) is 5.79. The Morgan fingerprint density at radius 3 is 2.84 bits per heavy atom. The molecule has 3 atom stereocenters. The van der Waals surface area contributed by atoms with Crippen LogP contribution in [0.5, 0.6) is 0 Å². The normalized spacial score (nSPS) is 27.9. The summed E-state index contributed by atoms with van der Waals surface area (Å²) in [5.74, 6) is 2.49. The summed E-state index contributed by atoms with van der Waals surface area (Å²) >= 11 is 0. The molecule has 1 aromatic rings. The summed E-state index contributed by atoms with van der Waals surface area (Å²) < 4.78 is 5.53. The zero-order valence-electron chi connectivity index (χ0n) is 11.6. The lowest BCUT2D eigenvalue weighted by molar-refractivity contribution is 0.134. The van der Waals surface area contributed by atoms with Crippen molar-refractivity contribution in [3.8, 4) is 0 Å². The van der Waals surface area contributed by atoms with Gasteiger partial charge < -0.3 is 10.1 Å². The molecular weight excluding hydrogens is 234 g/mol. The molecule has 2 bridgehead atoms. The van der Waals surface area contributed by atoms with E-state index in [1.54, 1.807) is 0 Å². The Kier molecular flexibility index (Phi) is 3.88. The Balaban J connectivity index is 1.59. The van der Waals surface area contributed by atoms with Gasteiger partial charge >= 0.3 is 0 Å². The summed E-state index contributed by atoms with van der Waals surface area (Å²) in [5.41, 5.74) is 2.51. The molecular formula is C17H23NO. The predicted octanol–water partition coefficient (Wildman–Crippen LogP) is 3.85. The smallest absolute Gasteiger partial charge is 0.0736 e. The number of ether oxygens (including phenoxy) is 1. The van der Waals surface area contributed by atoms with Crippen LogP contribution in [0.1, 0.15) is 25.3 Å². The van der Waals surface area contributed by atoms with E-state index in [2.05, 4.69) is 41.7 Å². The first kappa shape index (κ1) is 12.7. The van der Waals surface area contributed by atoms with Gasteiger partial charge in [-0.2, -0.15) is 0 Å². The second-order valence-electron chi connectivity index (χ2n) is 5.72. The van der Waals surface area contributed by atoms with Crippen LogP contribution >= 0.6 is 0 Å². The van der Waals surface area contributed by atoms with Crippen LogP contribution in [0.15, 0.2) is 36.4 Å². The zero-order chi connectivity index (χ0) is 13.1. The van der Waals surface area contributed by atoms with Crippen LogP contribution in [-0.2, 0) is 11.3 Å². The average Bonchev–Trinajstić information content (AvgIpc) is 3.06. The molecule has 2 aliphatic rings. The number of benzene rings is 1. The monoisotopic (exact) mass is 257 g/mol. The highest BCUT2D eigenvalue weighted by Gasteiger charge is 2.35. The quantitative estimate of drug-likeness (QED) is 0.782. The summed E-state index contributed by atoms with van der Waals surface area (Å²) in [5, 5.41) is 3.64. The first-order chi connectivity index (χ1) is 9.36. The fraction of sp³-hybridized carbons (Fsp3) is 0.529. The van der Waals surface area contributed by atoms with Crippen molar-refractivity contribution >= 4 is 5.69 Å². The molecule has 0 aliphatic heterocycles. The summed E-state index contributed by atoms with van der Waals surface area (Å²) in [4.78, 5) is 0. The summed E-state index contributed by atoms with van der Waals surface area (Å²) in [7, 11) is 0. The molecule has 2 aliphatic carbocycles. The molecule has 0 amide bonds. The van der Waals surface area contributed by atoms with Crippen LogP contribution < -0.4 is 5.32 Å². The Bertz CT molecular complexity index is 454. The van der Waals surface area contributed by atoms with E-state index in [0.717, 1.165) is 30.9 Å². The third-order valence-corrected chi connectivity index (χ3v) is 4.45. The van der Waals surface area contributed by atoms with Gasteiger partial charge in [-0.15, -0.1) is 0 Å². The maximum absolute atomic E-state index is 5.53. The zero-order valence-corrected chi connectivity index (χ0v) is 11.6. The predicted molar refractivity (Wildman–Crippen MR) is 79.1 cm³/mol. The summed E-state index contributed by atoms with van der Waals surface area (Å²) in [6.45, 7) is 4.61. The van der Waals surface area contributed by atoms with E-state index in [1.807, 2.05) is 6.92 Å². The summed E-state index contributed by atoms with van der Waals surface area (Å²) in [6, 6.07) is 8.49. The molecule has 0 aromatic heterocycles. The molecule has 102 valence electrons. The minimum absolute atomic E-state index is 0.705. The SMILES string of the molecule is CCOCc1ccccc1NCC1CC2C=CC1C2. The van der Waals surface area contributed by atoms with Crippen LogP contribution in [0, 0.1) is 17.8 Å². The molecule has 2 nitrogen and oxygen atoms in total. The Morgan fingerprint density at radius 1 is 1.21 bits per heavy atom. The lowest BCUT2D eigenvalue weighted by atomic mass is 9.93. The van der Waals surface area contributed by atoms with Crippen molar-refractivity contribution in [2.24, 2.45) is 17.8 Å². The maximum atomic E-state index is 5.53. The molecule has 3 rings (SSSR count). The molecule has 1 aromatic carbocycles. The summed E-state index contributed by atoms with van der Waals surface area (Å²) in [6.07, 6.45) is 7.57. The van der Waals surface area contributed by atoms with Gasteiger partial charge in [-0.05, 0) is 43.6 Å². The van der Waals surface area contributed by atoms with Crippen LogP contribution in [0.2, 0.25) is 0 Å². The number of rotatable bonds is 6. The van der Waals surface area contributed by atoms with Crippen molar-refractivity contribution in [2.75, 3.05) is 18.5 Å². The number of anilines is 1. The third-order valence-electron chi connectivity index (χ3n) is 4.45. The van der Waals surface area contributed by atoms with Gasteiger partial charge in [-0.25, -0.2) is 0 Å². The highest BCUT2D eigenvalue weighted by atomic mass is 16.5. The van der Waals surface area contributed by atoms with Crippen LogP contribution in [0.3, 0.4) is 0 Å². The van der Waals surface area contributed by atoms with E-state index < -0.39 is 0 Å². The van der Waals surface area contributed by atoms with E-state index in [-0.39, 0.29) is 0 Å². The molecule has 1 fully saturated rings. The number of hydrogen-bond donors (Lipinski definition) is 1. The fourth-order valence-electron chi connectivity index (χ4n) is 3.40. The largest absolute Gasteiger partial charge is 0.384 e. The van der Waals surface area contributed by atoms with Gasteiger partial charge in [0, 0.05) is 24.4 Å². The fourth-order valence-corrected chi connectivity index (χ4v) is 3.40. The van der Waals surface area contributed by atoms with Gasteiger partial charge in [0.1, 0.15) is 0 Å². The van der Waals surface area contributed by atoms with Crippen molar-refractivity contribution in [3.63, 3.8) is 0 Å².